The molecular weight excluding hydrogens is 434 g/mol. The number of carbonyl (C=O) groups excluding carboxylic acids is 1. The summed E-state index contributed by atoms with van der Waals surface area (Å²) in [5.41, 5.74) is 2.32. The molecule has 7 heteroatoms. The molecule has 33 heavy (non-hydrogen) atoms. The van der Waals surface area contributed by atoms with Crippen molar-refractivity contribution in [3.63, 3.8) is 0 Å². The number of nitrogens with one attached hydrogen (secondary N) is 4. The summed E-state index contributed by atoms with van der Waals surface area (Å²) in [5.74, 6) is 0.445. The fourth-order valence-electron chi connectivity index (χ4n) is 4.31. The third kappa shape index (κ3) is 6.70. The van der Waals surface area contributed by atoms with E-state index in [1.165, 1.54) is 5.56 Å². The first-order valence-corrected chi connectivity index (χ1v) is 11.8. The highest BCUT2D eigenvalue weighted by Gasteiger charge is 2.20. The van der Waals surface area contributed by atoms with E-state index in [2.05, 4.69) is 45.1 Å². The maximum atomic E-state index is 12.2. The van der Waals surface area contributed by atoms with Gasteiger partial charge in [0.2, 0.25) is 0 Å². The van der Waals surface area contributed by atoms with E-state index in [1.807, 2.05) is 42.5 Å². The minimum absolute atomic E-state index is 0.00299. The summed E-state index contributed by atoms with van der Waals surface area (Å²) in [7, 11) is 0. The average molecular weight is 464 g/mol. The zero-order valence-electron chi connectivity index (χ0n) is 18.6. The lowest BCUT2D eigenvalue weighted by Crippen LogP contribution is -2.47. The molecule has 1 aliphatic rings. The SMILES string of the molecule is N=C(NCc1cccc2ccccc12)NC(=O)NCC1CCN(Cc2cccc(Cl)c2)CC1. The van der Waals surface area contributed by atoms with Gasteiger partial charge in [-0.3, -0.25) is 15.6 Å². The highest BCUT2D eigenvalue weighted by Crippen LogP contribution is 2.20. The van der Waals surface area contributed by atoms with E-state index >= 15 is 0 Å². The molecule has 1 aliphatic heterocycles. The summed E-state index contributed by atoms with van der Waals surface area (Å²) in [5, 5.41) is 19.6. The normalized spacial score (nSPS) is 14.7. The maximum Gasteiger partial charge on any atom is 0.321 e. The minimum atomic E-state index is -0.341. The van der Waals surface area contributed by atoms with Gasteiger partial charge in [0.15, 0.2) is 5.96 Å². The Balaban J connectivity index is 1.15. The summed E-state index contributed by atoms with van der Waals surface area (Å²) >= 11 is 6.08. The second-order valence-electron chi connectivity index (χ2n) is 8.55. The zero-order valence-corrected chi connectivity index (χ0v) is 19.4. The maximum absolute atomic E-state index is 12.2. The van der Waals surface area contributed by atoms with Gasteiger partial charge in [-0.2, -0.15) is 0 Å². The van der Waals surface area contributed by atoms with Crippen LogP contribution in [0.15, 0.2) is 66.7 Å². The van der Waals surface area contributed by atoms with Crippen LogP contribution >= 0.6 is 11.6 Å². The van der Waals surface area contributed by atoms with Crippen molar-refractivity contribution in [3.05, 3.63) is 82.9 Å². The van der Waals surface area contributed by atoms with Crippen LogP contribution in [0.25, 0.3) is 10.8 Å². The summed E-state index contributed by atoms with van der Waals surface area (Å²) in [6, 6.07) is 21.9. The highest BCUT2D eigenvalue weighted by molar-refractivity contribution is 6.30. The Morgan fingerprint density at radius 1 is 1.00 bits per heavy atom. The van der Waals surface area contributed by atoms with E-state index in [1.54, 1.807) is 0 Å². The van der Waals surface area contributed by atoms with Crippen LogP contribution in [0.2, 0.25) is 5.02 Å². The molecule has 0 saturated carbocycles. The topological polar surface area (TPSA) is 80.2 Å². The number of hydrogen-bond donors (Lipinski definition) is 4. The first kappa shape index (κ1) is 23.1. The largest absolute Gasteiger partial charge is 0.352 e. The van der Waals surface area contributed by atoms with Gasteiger partial charge >= 0.3 is 6.03 Å². The van der Waals surface area contributed by atoms with E-state index in [0.29, 0.717) is 19.0 Å². The molecular formula is C26H30ClN5O. The number of nitrogens with zero attached hydrogens (tertiary/aromatic N) is 1. The van der Waals surface area contributed by atoms with Gasteiger partial charge in [-0.15, -0.1) is 0 Å². The summed E-state index contributed by atoms with van der Waals surface area (Å²) in [4.78, 5) is 14.7. The van der Waals surface area contributed by atoms with Crippen LogP contribution in [0.3, 0.4) is 0 Å². The number of fused-ring (bicyclic) bond motifs is 1. The highest BCUT2D eigenvalue weighted by atomic mass is 35.5. The van der Waals surface area contributed by atoms with Crippen molar-refractivity contribution in [1.82, 2.24) is 20.9 Å². The van der Waals surface area contributed by atoms with Crippen molar-refractivity contribution in [3.8, 4) is 0 Å². The molecule has 4 rings (SSSR count). The van der Waals surface area contributed by atoms with Crippen LogP contribution in [-0.4, -0.2) is 36.5 Å². The van der Waals surface area contributed by atoms with Gasteiger partial charge in [-0.1, -0.05) is 66.2 Å². The third-order valence-corrected chi connectivity index (χ3v) is 6.36. The Morgan fingerprint density at radius 2 is 1.76 bits per heavy atom. The lowest BCUT2D eigenvalue weighted by atomic mass is 9.96. The number of piperidine rings is 1. The minimum Gasteiger partial charge on any atom is -0.352 e. The van der Waals surface area contributed by atoms with Crippen molar-refractivity contribution < 1.29 is 4.79 Å². The first-order valence-electron chi connectivity index (χ1n) is 11.4. The van der Waals surface area contributed by atoms with Gasteiger partial charge in [0, 0.05) is 24.7 Å². The molecule has 1 saturated heterocycles. The molecule has 0 aliphatic carbocycles. The second-order valence-corrected chi connectivity index (χ2v) is 8.99. The number of urea groups is 1. The van der Waals surface area contributed by atoms with E-state index in [-0.39, 0.29) is 12.0 Å². The molecule has 1 fully saturated rings. The summed E-state index contributed by atoms with van der Waals surface area (Å²) in [6.07, 6.45) is 2.08. The second kappa shape index (κ2) is 11.2. The van der Waals surface area contributed by atoms with Gasteiger partial charge in [0.05, 0.1) is 0 Å². The number of benzene rings is 3. The monoisotopic (exact) mass is 463 g/mol. The van der Waals surface area contributed by atoms with Crippen LogP contribution in [-0.2, 0) is 13.1 Å². The van der Waals surface area contributed by atoms with Crippen LogP contribution in [0.5, 0.6) is 0 Å². The molecule has 172 valence electrons. The van der Waals surface area contributed by atoms with Crippen LogP contribution in [0, 0.1) is 11.3 Å². The predicted molar refractivity (Wildman–Crippen MR) is 135 cm³/mol. The van der Waals surface area contributed by atoms with Crippen molar-refractivity contribution in [2.24, 2.45) is 5.92 Å². The van der Waals surface area contributed by atoms with Crippen molar-refractivity contribution in [2.45, 2.75) is 25.9 Å². The van der Waals surface area contributed by atoms with Gasteiger partial charge < -0.3 is 10.6 Å². The molecule has 0 aromatic heterocycles. The van der Waals surface area contributed by atoms with Gasteiger partial charge in [0.25, 0.3) is 0 Å². The number of amides is 2. The van der Waals surface area contributed by atoms with Crippen molar-refractivity contribution in [2.75, 3.05) is 19.6 Å². The molecule has 0 radical (unpaired) electrons. The predicted octanol–water partition coefficient (Wildman–Crippen LogP) is 4.73. The third-order valence-electron chi connectivity index (χ3n) is 6.13. The van der Waals surface area contributed by atoms with E-state index in [9.17, 15) is 4.79 Å². The lowest BCUT2D eigenvalue weighted by molar-refractivity contribution is 0.175. The summed E-state index contributed by atoms with van der Waals surface area (Å²) in [6.45, 7) is 4.01. The average Bonchev–Trinajstić information content (AvgIpc) is 2.82. The summed E-state index contributed by atoms with van der Waals surface area (Å²) < 4.78 is 0. The zero-order chi connectivity index (χ0) is 23.0. The molecule has 0 atom stereocenters. The number of carbonyl (C=O) groups is 1. The van der Waals surface area contributed by atoms with Gasteiger partial charge in [-0.05, 0) is 65.9 Å². The molecule has 0 bridgehead atoms. The number of rotatable bonds is 6. The van der Waals surface area contributed by atoms with E-state index in [0.717, 1.165) is 53.8 Å². The van der Waals surface area contributed by atoms with E-state index < -0.39 is 0 Å². The molecule has 0 spiro atoms. The Labute approximate surface area is 199 Å². The Hall–Kier alpha value is -3.09. The molecule has 1 heterocycles. The van der Waals surface area contributed by atoms with Gasteiger partial charge in [0.1, 0.15) is 0 Å². The fraction of sp³-hybridized carbons (Fsp3) is 0.308. The molecule has 3 aromatic rings. The van der Waals surface area contributed by atoms with Crippen molar-refractivity contribution >= 4 is 34.4 Å². The van der Waals surface area contributed by atoms with E-state index in [4.69, 9.17) is 17.0 Å². The first-order chi connectivity index (χ1) is 16.1. The Morgan fingerprint density at radius 3 is 2.58 bits per heavy atom. The van der Waals surface area contributed by atoms with Crippen LogP contribution in [0.4, 0.5) is 4.79 Å². The van der Waals surface area contributed by atoms with Gasteiger partial charge in [-0.25, -0.2) is 4.79 Å². The Kier molecular flexibility index (Phi) is 7.81. The van der Waals surface area contributed by atoms with Crippen molar-refractivity contribution in [1.29, 1.82) is 5.41 Å². The molecule has 4 N–H and O–H groups in total. The quantitative estimate of drug-likeness (QED) is 0.315. The number of halogens is 1. The van der Waals surface area contributed by atoms with Crippen LogP contribution in [0.1, 0.15) is 24.0 Å². The number of guanidine groups is 1. The molecule has 2 amide bonds. The Bertz CT molecular complexity index is 1110. The lowest BCUT2D eigenvalue weighted by Gasteiger charge is -2.32. The number of hydrogen-bond acceptors (Lipinski definition) is 3. The molecule has 3 aromatic carbocycles. The number of likely N-dealkylation sites (tertiary alicyclic amines) is 1. The molecule has 6 nitrogen and oxygen atoms in total. The molecule has 0 unspecified atom stereocenters. The smallest absolute Gasteiger partial charge is 0.321 e. The standard InChI is InChI=1S/C26H30ClN5O/c27-23-9-3-5-20(15-23)18-32-13-11-19(12-14-32)16-30-26(33)31-25(28)29-17-22-8-4-7-21-6-1-2-10-24(21)22/h1-10,15,19H,11-14,16-18H2,(H4,28,29,30,31,33). The van der Waals surface area contributed by atoms with Crippen LogP contribution < -0.4 is 16.0 Å². The fourth-order valence-corrected chi connectivity index (χ4v) is 4.52.